The number of hydrogen-bond acceptors (Lipinski definition) is 4. The van der Waals surface area contributed by atoms with Crippen molar-refractivity contribution in [3.05, 3.63) is 35.4 Å². The van der Waals surface area contributed by atoms with Crippen LogP contribution in [0.4, 0.5) is 0 Å². The van der Waals surface area contributed by atoms with Crippen LogP contribution in [0.5, 0.6) is 0 Å². The molecule has 0 aromatic heterocycles. The molecule has 1 aromatic carbocycles. The molecule has 0 unspecified atom stereocenters. The second-order valence-corrected chi connectivity index (χ2v) is 14.2. The Hall–Kier alpha value is -0.803. The zero-order valence-corrected chi connectivity index (χ0v) is 17.9. The normalized spacial score (nSPS) is 26.5. The molecule has 1 fully saturated rings. The zero-order chi connectivity index (χ0) is 18.4. The average Bonchev–Trinajstić information content (AvgIpc) is 2.49. The summed E-state index contributed by atoms with van der Waals surface area (Å²) in [6.07, 6.45) is 1.98. The number of hydrogen-bond donors (Lipinski definition) is 0. The lowest BCUT2D eigenvalue weighted by atomic mass is 9.84. The van der Waals surface area contributed by atoms with E-state index in [9.17, 15) is 0 Å². The Morgan fingerprint density at radius 1 is 1.21 bits per heavy atom. The van der Waals surface area contributed by atoms with Gasteiger partial charge in [0.05, 0.1) is 11.6 Å². The van der Waals surface area contributed by atoms with Gasteiger partial charge < -0.3 is 9.16 Å². The lowest BCUT2D eigenvalue weighted by Crippen LogP contribution is -2.69. The van der Waals surface area contributed by atoms with Gasteiger partial charge in [0.15, 0.2) is 13.3 Å². The van der Waals surface area contributed by atoms with Crippen molar-refractivity contribution in [2.24, 2.45) is 0 Å². The molecule has 0 saturated carbocycles. The van der Waals surface area contributed by atoms with Gasteiger partial charge in [-0.15, -0.1) is 11.8 Å². The third kappa shape index (κ3) is 3.06. The average molecular weight is 364 g/mol. The smallest absolute Gasteiger partial charge is 0.194 e. The fourth-order valence-corrected chi connectivity index (χ4v) is 6.15. The quantitative estimate of drug-likeness (QED) is 0.524. The molecule has 3 nitrogen and oxygen atoms in total. The Morgan fingerprint density at radius 2 is 1.75 bits per heavy atom. The molecule has 1 aliphatic rings. The van der Waals surface area contributed by atoms with E-state index in [1.54, 1.807) is 11.8 Å². The molecule has 5 heteroatoms. The maximum Gasteiger partial charge on any atom is 0.194 e. The van der Waals surface area contributed by atoms with Gasteiger partial charge in [-0.05, 0) is 55.9 Å². The van der Waals surface area contributed by atoms with Gasteiger partial charge >= 0.3 is 0 Å². The fraction of sp³-hybridized carbons (Fsp3) is 0.632. The number of rotatable bonds is 4. The van der Waals surface area contributed by atoms with E-state index in [1.807, 2.05) is 24.3 Å². The predicted molar refractivity (Wildman–Crippen MR) is 104 cm³/mol. The van der Waals surface area contributed by atoms with Crippen molar-refractivity contribution in [3.63, 3.8) is 0 Å². The molecule has 0 spiro atoms. The molecule has 0 aliphatic carbocycles. The summed E-state index contributed by atoms with van der Waals surface area (Å²) >= 11 is 1.74. The van der Waals surface area contributed by atoms with Crippen LogP contribution in [0, 0.1) is 11.3 Å². The predicted octanol–water partition coefficient (Wildman–Crippen LogP) is 5.49. The summed E-state index contributed by atoms with van der Waals surface area (Å²) in [4.78, 5) is -0.413. The topological polar surface area (TPSA) is 42.2 Å². The first-order valence-corrected chi connectivity index (χ1v) is 12.5. The van der Waals surface area contributed by atoms with Gasteiger partial charge in [0.2, 0.25) is 0 Å². The number of thioether (sulfide) groups is 1. The summed E-state index contributed by atoms with van der Waals surface area (Å²) < 4.78 is 13.2. The van der Waals surface area contributed by atoms with Crippen LogP contribution in [0.25, 0.3) is 0 Å². The summed E-state index contributed by atoms with van der Waals surface area (Å²) in [5.41, 5.74) is 1.37. The molecule has 1 saturated heterocycles. The first kappa shape index (κ1) is 19.5. The molecule has 1 heterocycles. The van der Waals surface area contributed by atoms with Crippen molar-refractivity contribution < 1.29 is 9.16 Å². The van der Waals surface area contributed by atoms with Crippen molar-refractivity contribution in [2.45, 2.75) is 69.4 Å². The first-order valence-electron chi connectivity index (χ1n) is 8.33. The minimum atomic E-state index is -1.97. The third-order valence-electron chi connectivity index (χ3n) is 5.46. The fourth-order valence-electron chi connectivity index (χ4n) is 2.83. The van der Waals surface area contributed by atoms with Crippen LogP contribution in [0.3, 0.4) is 0 Å². The zero-order valence-electron chi connectivity index (χ0n) is 16.1. The van der Waals surface area contributed by atoms with Crippen molar-refractivity contribution in [3.8, 4) is 6.07 Å². The molecular formula is C19H29NO2SSi. The Morgan fingerprint density at radius 3 is 2.12 bits per heavy atom. The highest BCUT2D eigenvalue weighted by molar-refractivity contribution is 8.00. The SMILES string of the molecule is CS[C@@]1(O[Si](C)(C)C(C)(C)C)[C@@H](c2ccc(C#N)cc2)OC1(C)C. The first-order chi connectivity index (χ1) is 10.9. The third-order valence-corrected chi connectivity index (χ3v) is 11.4. The standard InChI is InChI=1S/C19H29NO2SSi/c1-17(2,3)24(7,8)22-19(23-6)16(21-18(19,4)5)15-11-9-14(13-20)10-12-15/h9-12,16H,1-8H3/t16-,19+/m1/s1. The Labute approximate surface area is 151 Å². The highest BCUT2D eigenvalue weighted by atomic mass is 32.2. The molecule has 0 amide bonds. The van der Waals surface area contributed by atoms with Crippen molar-refractivity contribution >= 4 is 20.1 Å². The minimum Gasteiger partial charge on any atom is -0.398 e. The van der Waals surface area contributed by atoms with E-state index in [2.05, 4.69) is 60.0 Å². The molecule has 0 N–H and O–H groups in total. The highest BCUT2D eigenvalue weighted by Crippen LogP contribution is 2.61. The van der Waals surface area contributed by atoms with Crippen LogP contribution < -0.4 is 0 Å². The van der Waals surface area contributed by atoms with Crippen LogP contribution in [0.15, 0.2) is 24.3 Å². The number of ether oxygens (including phenoxy) is 1. The highest BCUT2D eigenvalue weighted by Gasteiger charge is 2.66. The molecule has 2 atom stereocenters. The summed E-state index contributed by atoms with van der Waals surface area (Å²) in [7, 11) is -1.97. The van der Waals surface area contributed by atoms with Crippen LogP contribution in [-0.2, 0) is 9.16 Å². The van der Waals surface area contributed by atoms with Crippen LogP contribution in [-0.4, -0.2) is 25.1 Å². The lowest BCUT2D eigenvalue weighted by Gasteiger charge is -2.63. The maximum atomic E-state index is 9.01. The monoisotopic (exact) mass is 363 g/mol. The van der Waals surface area contributed by atoms with E-state index >= 15 is 0 Å². The van der Waals surface area contributed by atoms with E-state index in [0.29, 0.717) is 5.56 Å². The second-order valence-electron chi connectivity index (χ2n) is 8.48. The molecule has 0 bridgehead atoms. The number of nitriles is 1. The number of nitrogens with zero attached hydrogens (tertiary/aromatic N) is 1. The summed E-state index contributed by atoms with van der Waals surface area (Å²) in [6, 6.07) is 9.83. The van der Waals surface area contributed by atoms with Crippen molar-refractivity contribution in [2.75, 3.05) is 6.26 Å². The van der Waals surface area contributed by atoms with Gasteiger partial charge in [-0.2, -0.15) is 5.26 Å². The Kier molecular flexibility index (Phi) is 5.02. The summed E-state index contributed by atoms with van der Waals surface area (Å²) in [6.45, 7) is 15.6. The molecule has 132 valence electrons. The van der Waals surface area contributed by atoms with E-state index in [0.717, 1.165) is 5.56 Å². The van der Waals surface area contributed by atoms with Crippen LogP contribution >= 0.6 is 11.8 Å². The van der Waals surface area contributed by atoms with E-state index < -0.39 is 13.3 Å². The Balaban J connectivity index is 2.41. The van der Waals surface area contributed by atoms with E-state index in [1.165, 1.54) is 0 Å². The van der Waals surface area contributed by atoms with Gasteiger partial charge in [-0.1, -0.05) is 32.9 Å². The molecule has 1 aliphatic heterocycles. The molecule has 24 heavy (non-hydrogen) atoms. The molecular weight excluding hydrogens is 334 g/mol. The molecule has 1 aromatic rings. The minimum absolute atomic E-state index is 0.121. The summed E-state index contributed by atoms with van der Waals surface area (Å²) in [5.74, 6) is 0. The largest absolute Gasteiger partial charge is 0.398 e. The van der Waals surface area contributed by atoms with Crippen molar-refractivity contribution in [1.82, 2.24) is 0 Å². The van der Waals surface area contributed by atoms with Gasteiger partial charge in [-0.25, -0.2) is 0 Å². The van der Waals surface area contributed by atoms with Crippen LogP contribution in [0.2, 0.25) is 18.1 Å². The Bertz CT molecular complexity index is 643. The summed E-state index contributed by atoms with van der Waals surface area (Å²) in [5, 5.41) is 9.14. The lowest BCUT2D eigenvalue weighted by molar-refractivity contribution is -0.290. The number of benzene rings is 1. The maximum absolute atomic E-state index is 9.01. The second kappa shape index (κ2) is 6.17. The van der Waals surface area contributed by atoms with Gasteiger partial charge in [-0.3, -0.25) is 0 Å². The van der Waals surface area contributed by atoms with E-state index in [4.69, 9.17) is 14.4 Å². The van der Waals surface area contributed by atoms with Gasteiger partial charge in [0.1, 0.15) is 11.7 Å². The molecule has 0 radical (unpaired) electrons. The van der Waals surface area contributed by atoms with Gasteiger partial charge in [0, 0.05) is 0 Å². The molecule has 2 rings (SSSR count). The van der Waals surface area contributed by atoms with Crippen molar-refractivity contribution in [1.29, 1.82) is 5.26 Å². The van der Waals surface area contributed by atoms with Crippen LogP contribution in [0.1, 0.15) is 51.8 Å². The van der Waals surface area contributed by atoms with Gasteiger partial charge in [0.25, 0.3) is 0 Å². The van der Waals surface area contributed by atoms with E-state index in [-0.39, 0.29) is 16.7 Å².